The molecular weight excluding hydrogens is 338 g/mol. The highest BCUT2D eigenvalue weighted by molar-refractivity contribution is 7.99. The molecule has 0 radical (unpaired) electrons. The van der Waals surface area contributed by atoms with E-state index >= 15 is 0 Å². The van der Waals surface area contributed by atoms with E-state index in [4.69, 9.17) is 0 Å². The van der Waals surface area contributed by atoms with Gasteiger partial charge in [0.25, 0.3) is 5.91 Å². The molecule has 1 heterocycles. The van der Waals surface area contributed by atoms with Gasteiger partial charge in [-0.3, -0.25) is 4.79 Å². The molecule has 0 bridgehead atoms. The maximum absolute atomic E-state index is 12.2. The number of nitrogens with one attached hydrogen (secondary N) is 1. The number of carbonyl (C=O) groups excluding carboxylic acids is 1. The van der Waals surface area contributed by atoms with Gasteiger partial charge in [0.05, 0.1) is 5.69 Å². The molecule has 0 aliphatic rings. The van der Waals surface area contributed by atoms with Gasteiger partial charge in [-0.05, 0) is 79.8 Å². The lowest BCUT2D eigenvalue weighted by molar-refractivity contribution is 0.103. The number of rotatable bonds is 4. The molecule has 6 heteroatoms. The number of carbonyl (C=O) groups is 1. The number of hydrogen-bond donors (Lipinski definition) is 1. The molecular formula is C18H17N3OS2. The van der Waals surface area contributed by atoms with Crippen LogP contribution in [0.15, 0.2) is 52.3 Å². The highest BCUT2D eigenvalue weighted by atomic mass is 32.2. The molecule has 0 fully saturated rings. The lowest BCUT2D eigenvalue weighted by Crippen LogP contribution is -2.11. The molecule has 0 aliphatic carbocycles. The van der Waals surface area contributed by atoms with Gasteiger partial charge in [0.15, 0.2) is 0 Å². The summed E-state index contributed by atoms with van der Waals surface area (Å²) < 4.78 is 3.79. The summed E-state index contributed by atoms with van der Waals surface area (Å²) in [4.78, 5) is 15.0. The van der Waals surface area contributed by atoms with Gasteiger partial charge in [0.1, 0.15) is 4.88 Å². The first-order valence-corrected chi connectivity index (χ1v) is 9.07. The minimum Gasteiger partial charge on any atom is -0.321 e. The summed E-state index contributed by atoms with van der Waals surface area (Å²) in [5, 5.41) is 6.73. The molecule has 122 valence electrons. The standard InChI is InChI=1S/C18H17N3OS2/c1-11-4-7-16(10-12(11)2)23-15-8-5-14(6-9-15)19-18(22)17-13(3)20-21-24-17/h4-10H,1-3H3,(H,19,22). The number of nitrogens with zero attached hydrogens (tertiary/aromatic N) is 2. The zero-order valence-corrected chi connectivity index (χ0v) is 15.3. The van der Waals surface area contributed by atoms with Gasteiger partial charge in [0.2, 0.25) is 0 Å². The quantitative estimate of drug-likeness (QED) is 0.725. The summed E-state index contributed by atoms with van der Waals surface area (Å²) in [6, 6.07) is 14.3. The van der Waals surface area contributed by atoms with E-state index in [2.05, 4.69) is 47.0 Å². The molecule has 3 aromatic rings. The Bertz CT molecular complexity index is 872. The van der Waals surface area contributed by atoms with Crippen molar-refractivity contribution in [3.63, 3.8) is 0 Å². The van der Waals surface area contributed by atoms with E-state index in [1.54, 1.807) is 18.7 Å². The van der Waals surface area contributed by atoms with Crippen LogP contribution in [0, 0.1) is 20.8 Å². The van der Waals surface area contributed by atoms with E-state index in [-0.39, 0.29) is 5.91 Å². The average molecular weight is 355 g/mol. The van der Waals surface area contributed by atoms with Crippen molar-refractivity contribution in [1.29, 1.82) is 0 Å². The molecule has 24 heavy (non-hydrogen) atoms. The summed E-state index contributed by atoms with van der Waals surface area (Å²) >= 11 is 2.81. The van der Waals surface area contributed by atoms with Gasteiger partial charge < -0.3 is 5.32 Å². The lowest BCUT2D eigenvalue weighted by Gasteiger charge is -2.07. The molecule has 1 aromatic heterocycles. The van der Waals surface area contributed by atoms with Crippen molar-refractivity contribution < 1.29 is 4.79 Å². The van der Waals surface area contributed by atoms with Gasteiger partial charge in [-0.25, -0.2) is 0 Å². The summed E-state index contributed by atoms with van der Waals surface area (Å²) in [6.45, 7) is 6.01. The fourth-order valence-electron chi connectivity index (χ4n) is 2.15. The van der Waals surface area contributed by atoms with Crippen molar-refractivity contribution in [2.45, 2.75) is 30.6 Å². The van der Waals surface area contributed by atoms with E-state index in [9.17, 15) is 4.79 Å². The van der Waals surface area contributed by atoms with Crippen molar-refractivity contribution >= 4 is 34.9 Å². The maximum Gasteiger partial charge on any atom is 0.269 e. The smallest absolute Gasteiger partial charge is 0.269 e. The monoisotopic (exact) mass is 355 g/mol. The van der Waals surface area contributed by atoms with E-state index in [0.29, 0.717) is 10.6 Å². The molecule has 1 amide bonds. The van der Waals surface area contributed by atoms with E-state index in [1.165, 1.54) is 16.0 Å². The summed E-state index contributed by atoms with van der Waals surface area (Å²) in [7, 11) is 0. The zero-order valence-electron chi connectivity index (χ0n) is 13.7. The van der Waals surface area contributed by atoms with Crippen molar-refractivity contribution in [2.24, 2.45) is 0 Å². The van der Waals surface area contributed by atoms with Crippen LogP contribution < -0.4 is 5.32 Å². The Balaban J connectivity index is 1.68. The number of aryl methyl sites for hydroxylation is 3. The Morgan fingerprint density at radius 2 is 1.71 bits per heavy atom. The minimum absolute atomic E-state index is 0.169. The first-order chi connectivity index (χ1) is 11.5. The fourth-order valence-corrected chi connectivity index (χ4v) is 3.62. The van der Waals surface area contributed by atoms with Crippen LogP contribution in [0.5, 0.6) is 0 Å². The van der Waals surface area contributed by atoms with Crippen LogP contribution in [-0.4, -0.2) is 15.5 Å². The average Bonchev–Trinajstić information content (AvgIpc) is 2.99. The van der Waals surface area contributed by atoms with Crippen molar-refractivity contribution in [1.82, 2.24) is 9.59 Å². The van der Waals surface area contributed by atoms with Crippen molar-refractivity contribution in [2.75, 3.05) is 5.32 Å². The van der Waals surface area contributed by atoms with E-state index in [0.717, 1.165) is 22.1 Å². The van der Waals surface area contributed by atoms with Crippen molar-refractivity contribution in [3.8, 4) is 0 Å². The van der Waals surface area contributed by atoms with Crippen LogP contribution in [0.2, 0.25) is 0 Å². The summed E-state index contributed by atoms with van der Waals surface area (Å²) in [6.07, 6.45) is 0. The number of anilines is 1. The SMILES string of the molecule is Cc1ccc(Sc2ccc(NC(=O)c3snnc3C)cc2)cc1C. The van der Waals surface area contributed by atoms with Crippen molar-refractivity contribution in [3.05, 3.63) is 64.2 Å². The maximum atomic E-state index is 12.2. The third-order valence-electron chi connectivity index (χ3n) is 3.68. The van der Waals surface area contributed by atoms with Crippen LogP contribution in [0.4, 0.5) is 5.69 Å². The van der Waals surface area contributed by atoms with Crippen LogP contribution in [0.25, 0.3) is 0 Å². The molecule has 1 N–H and O–H groups in total. The lowest BCUT2D eigenvalue weighted by atomic mass is 10.1. The Morgan fingerprint density at radius 3 is 2.33 bits per heavy atom. The largest absolute Gasteiger partial charge is 0.321 e. The number of amides is 1. The Kier molecular flexibility index (Phi) is 4.97. The second-order valence-electron chi connectivity index (χ2n) is 5.51. The van der Waals surface area contributed by atoms with Gasteiger partial charge >= 0.3 is 0 Å². The predicted octanol–water partition coefficient (Wildman–Crippen LogP) is 4.87. The molecule has 0 saturated heterocycles. The first-order valence-electron chi connectivity index (χ1n) is 7.48. The van der Waals surface area contributed by atoms with Gasteiger partial charge in [0, 0.05) is 15.5 Å². The first kappa shape index (κ1) is 16.7. The number of aromatic nitrogens is 2. The fraction of sp³-hybridized carbons (Fsp3) is 0.167. The van der Waals surface area contributed by atoms with E-state index < -0.39 is 0 Å². The highest BCUT2D eigenvalue weighted by Gasteiger charge is 2.13. The predicted molar refractivity (Wildman–Crippen MR) is 99.1 cm³/mol. The third kappa shape index (κ3) is 3.83. The second kappa shape index (κ2) is 7.15. The molecule has 2 aromatic carbocycles. The Morgan fingerprint density at radius 1 is 1.00 bits per heavy atom. The van der Waals surface area contributed by atoms with Gasteiger partial charge in [-0.15, -0.1) is 5.10 Å². The number of hydrogen-bond acceptors (Lipinski definition) is 5. The molecule has 0 spiro atoms. The van der Waals surface area contributed by atoms with Crippen LogP contribution >= 0.6 is 23.3 Å². The summed E-state index contributed by atoms with van der Waals surface area (Å²) in [5.74, 6) is -0.169. The summed E-state index contributed by atoms with van der Waals surface area (Å²) in [5.41, 5.74) is 4.00. The molecule has 0 unspecified atom stereocenters. The molecule has 0 atom stereocenters. The second-order valence-corrected chi connectivity index (χ2v) is 7.42. The highest BCUT2D eigenvalue weighted by Crippen LogP contribution is 2.30. The Hall–Kier alpha value is -2.18. The minimum atomic E-state index is -0.169. The Labute approximate surface area is 149 Å². The number of benzene rings is 2. The van der Waals surface area contributed by atoms with Gasteiger partial charge in [-0.1, -0.05) is 22.3 Å². The third-order valence-corrected chi connectivity index (χ3v) is 5.51. The van der Waals surface area contributed by atoms with Gasteiger partial charge in [-0.2, -0.15) is 0 Å². The normalized spacial score (nSPS) is 10.6. The van der Waals surface area contributed by atoms with Crippen LogP contribution in [-0.2, 0) is 0 Å². The van der Waals surface area contributed by atoms with Crippen LogP contribution in [0.1, 0.15) is 26.5 Å². The zero-order chi connectivity index (χ0) is 17.1. The topological polar surface area (TPSA) is 54.9 Å². The van der Waals surface area contributed by atoms with E-state index in [1.807, 2.05) is 24.3 Å². The molecule has 0 saturated carbocycles. The molecule has 3 rings (SSSR count). The molecule has 0 aliphatic heterocycles. The van der Waals surface area contributed by atoms with Crippen LogP contribution in [0.3, 0.4) is 0 Å². The molecule has 4 nitrogen and oxygen atoms in total.